The van der Waals surface area contributed by atoms with E-state index in [1.807, 2.05) is 18.2 Å². The molecule has 1 aliphatic heterocycles. The van der Waals surface area contributed by atoms with Gasteiger partial charge < -0.3 is 25.0 Å². The van der Waals surface area contributed by atoms with E-state index in [9.17, 15) is 19.6 Å². The van der Waals surface area contributed by atoms with Crippen molar-refractivity contribution in [2.45, 2.75) is 89.7 Å². The number of hydrogen-bond donors (Lipinski definition) is 3. The number of halogens is 1. The van der Waals surface area contributed by atoms with E-state index in [2.05, 4.69) is 22.3 Å². The van der Waals surface area contributed by atoms with E-state index in [1.54, 1.807) is 11.0 Å². The third kappa shape index (κ3) is 11.2. The Hall–Kier alpha value is -2.40. The molecule has 11 heteroatoms. The van der Waals surface area contributed by atoms with Crippen molar-refractivity contribution in [1.82, 2.24) is 20.6 Å². The molecule has 1 saturated carbocycles. The summed E-state index contributed by atoms with van der Waals surface area (Å²) in [4.78, 5) is 40.5. The van der Waals surface area contributed by atoms with E-state index < -0.39 is 18.2 Å². The van der Waals surface area contributed by atoms with Gasteiger partial charge in [0.2, 0.25) is 0 Å². The molecule has 2 aliphatic rings. The van der Waals surface area contributed by atoms with Crippen molar-refractivity contribution in [3.8, 4) is 0 Å². The molecule has 0 spiro atoms. The number of alkyl carbamates (subject to hydrolysis) is 1. The molecule has 3 atom stereocenters. The highest BCUT2D eigenvalue weighted by atomic mass is 35.5. The summed E-state index contributed by atoms with van der Waals surface area (Å²) in [5, 5.41) is 18.6. The molecule has 0 aromatic heterocycles. The number of Topliss-reactive ketones (excluding diaryl/α,β-unsaturated/α-hetero) is 1. The van der Waals surface area contributed by atoms with E-state index in [0.717, 1.165) is 81.5 Å². The number of unbranched alkanes of at least 4 members (excludes halogenated alkanes) is 1. The molecule has 0 radical (unpaired) electrons. The fourth-order valence-electron chi connectivity index (χ4n) is 6.20. The molecular weight excluding hydrogens is 572 g/mol. The highest BCUT2D eigenvalue weighted by Gasteiger charge is 2.38. The highest BCUT2D eigenvalue weighted by molar-refractivity contribution is 6.30. The number of methoxy groups -OCH3 is 1. The van der Waals surface area contributed by atoms with Crippen molar-refractivity contribution in [2.75, 3.05) is 46.4 Å². The van der Waals surface area contributed by atoms with Crippen molar-refractivity contribution in [2.24, 2.45) is 11.8 Å². The van der Waals surface area contributed by atoms with Gasteiger partial charge >= 0.3 is 12.1 Å². The van der Waals surface area contributed by atoms with E-state index in [1.165, 1.54) is 7.11 Å². The minimum atomic E-state index is -0.853. The maximum atomic E-state index is 13.7. The summed E-state index contributed by atoms with van der Waals surface area (Å²) in [5.74, 6) is -0.198. The molecule has 3 amide bonds. The first-order chi connectivity index (χ1) is 20.8. The lowest BCUT2D eigenvalue weighted by Gasteiger charge is -2.39. The summed E-state index contributed by atoms with van der Waals surface area (Å²) in [6, 6.07) is 6.07. The molecule has 10 nitrogen and oxygen atoms in total. The van der Waals surface area contributed by atoms with Gasteiger partial charge in [-0.1, -0.05) is 56.3 Å². The summed E-state index contributed by atoms with van der Waals surface area (Å²) in [6.45, 7) is 5.17. The van der Waals surface area contributed by atoms with E-state index in [0.29, 0.717) is 31.0 Å². The van der Waals surface area contributed by atoms with Crippen molar-refractivity contribution >= 4 is 29.5 Å². The number of nitrogens with zero attached hydrogens (tertiary/aromatic N) is 2. The largest absolute Gasteiger partial charge is 0.453 e. The Bertz CT molecular complexity index is 1010. The average Bonchev–Trinajstić information content (AvgIpc) is 3.03. The van der Waals surface area contributed by atoms with Crippen LogP contribution in [0.25, 0.3) is 0 Å². The first-order valence-electron chi connectivity index (χ1n) is 16.1. The zero-order chi connectivity index (χ0) is 31.0. The summed E-state index contributed by atoms with van der Waals surface area (Å²) < 4.78 is 10.9. The zero-order valence-corrected chi connectivity index (χ0v) is 26.7. The van der Waals surface area contributed by atoms with E-state index in [-0.39, 0.29) is 36.9 Å². The smallest absolute Gasteiger partial charge is 0.406 e. The number of likely N-dealkylation sites (tertiary alicyclic amines) is 1. The first kappa shape index (κ1) is 35.1. The number of piperidine rings is 1. The summed E-state index contributed by atoms with van der Waals surface area (Å²) in [5.41, 5.74) is 0.881. The molecule has 1 heterocycles. The maximum absolute atomic E-state index is 13.7. The van der Waals surface area contributed by atoms with Crippen molar-refractivity contribution in [3.05, 3.63) is 34.9 Å². The minimum absolute atomic E-state index is 0.0177. The normalized spacial score (nSPS) is 19.0. The molecular formula is C32H51ClN4O6. The van der Waals surface area contributed by atoms with Crippen LogP contribution in [-0.2, 0) is 14.3 Å². The lowest BCUT2D eigenvalue weighted by molar-refractivity contribution is -0.146. The number of ether oxygens (including phenoxy) is 2. The number of hydrogen-bond acceptors (Lipinski definition) is 7. The van der Waals surface area contributed by atoms with Crippen LogP contribution >= 0.6 is 11.6 Å². The Balaban J connectivity index is 1.69. The van der Waals surface area contributed by atoms with Crippen LogP contribution in [0.3, 0.4) is 0 Å². The minimum Gasteiger partial charge on any atom is -0.453 e. The van der Waals surface area contributed by atoms with Gasteiger partial charge in [-0.3, -0.25) is 10.0 Å². The van der Waals surface area contributed by atoms with Crippen molar-refractivity contribution < 1.29 is 29.1 Å². The van der Waals surface area contributed by atoms with Crippen LogP contribution in [0.1, 0.15) is 89.2 Å². The van der Waals surface area contributed by atoms with Gasteiger partial charge in [-0.2, -0.15) is 5.06 Å². The molecule has 1 aliphatic carbocycles. The number of amides is 3. The second-order valence-electron chi connectivity index (χ2n) is 11.7. The van der Waals surface area contributed by atoms with Crippen molar-refractivity contribution in [1.29, 1.82) is 0 Å². The van der Waals surface area contributed by atoms with Gasteiger partial charge in [0.25, 0.3) is 0 Å². The van der Waals surface area contributed by atoms with E-state index in [4.69, 9.17) is 16.3 Å². The average molecular weight is 623 g/mol. The fraction of sp³-hybridized carbons (Fsp3) is 0.719. The summed E-state index contributed by atoms with van der Waals surface area (Å²) in [6.07, 6.45) is 8.74. The standard InChI is InChI=1S/C32H51ClN4O6/c1-3-4-17-34-18-9-16-28(29(38)24-11-6-5-7-12-24)37(41)32(40)36-20-10-14-26(23-36)30(25-13-8-15-27(33)22-25)43-21-19-35-31(39)42-2/h8,13,15,22,24,26,28,30,34,41H,3-7,9-12,14,16-21,23H2,1-2H3,(H,35,39)/t26-,28-,30-/m0/s1. The van der Waals surface area contributed by atoms with Crippen LogP contribution in [0.2, 0.25) is 5.02 Å². The zero-order valence-electron chi connectivity index (χ0n) is 25.9. The molecule has 242 valence electrons. The molecule has 1 aromatic rings. The number of hydroxylamine groups is 2. The molecule has 43 heavy (non-hydrogen) atoms. The van der Waals surface area contributed by atoms with Crippen LogP contribution in [-0.4, -0.2) is 85.6 Å². The molecule has 0 bridgehead atoms. The Morgan fingerprint density at radius 3 is 2.58 bits per heavy atom. The topological polar surface area (TPSA) is 120 Å². The summed E-state index contributed by atoms with van der Waals surface area (Å²) >= 11 is 6.31. The summed E-state index contributed by atoms with van der Waals surface area (Å²) in [7, 11) is 1.31. The Morgan fingerprint density at radius 2 is 1.86 bits per heavy atom. The number of ketones is 1. The van der Waals surface area contributed by atoms with Crippen LogP contribution < -0.4 is 10.6 Å². The van der Waals surface area contributed by atoms with Gasteiger partial charge in [0.1, 0.15) is 6.04 Å². The quantitative estimate of drug-likeness (QED) is 0.118. The third-order valence-corrected chi connectivity index (χ3v) is 8.79. The van der Waals surface area contributed by atoms with Crippen molar-refractivity contribution in [3.63, 3.8) is 0 Å². The van der Waals surface area contributed by atoms with Gasteiger partial charge in [0.05, 0.1) is 19.8 Å². The van der Waals surface area contributed by atoms with Crippen LogP contribution in [0, 0.1) is 11.8 Å². The lowest BCUT2D eigenvalue weighted by atomic mass is 9.82. The molecule has 1 aromatic carbocycles. The van der Waals surface area contributed by atoms with Gasteiger partial charge in [-0.05, 0) is 75.7 Å². The predicted octanol–water partition coefficient (Wildman–Crippen LogP) is 5.96. The van der Waals surface area contributed by atoms with Gasteiger partial charge in [-0.15, -0.1) is 0 Å². The Labute approximate surface area is 261 Å². The van der Waals surface area contributed by atoms with E-state index >= 15 is 0 Å². The first-order valence-corrected chi connectivity index (χ1v) is 16.4. The predicted molar refractivity (Wildman–Crippen MR) is 166 cm³/mol. The number of carbonyl (C=O) groups is 3. The molecule has 3 N–H and O–H groups in total. The highest BCUT2D eigenvalue weighted by Crippen LogP contribution is 2.35. The van der Waals surface area contributed by atoms with Crippen LogP contribution in [0.5, 0.6) is 0 Å². The third-order valence-electron chi connectivity index (χ3n) is 8.55. The number of rotatable bonds is 16. The van der Waals surface area contributed by atoms with Gasteiger partial charge in [-0.25, -0.2) is 9.59 Å². The second kappa shape index (κ2) is 19.1. The Kier molecular flexibility index (Phi) is 15.6. The molecule has 1 saturated heterocycles. The van der Waals surface area contributed by atoms with Crippen LogP contribution in [0.4, 0.5) is 9.59 Å². The number of benzene rings is 1. The molecule has 2 fully saturated rings. The number of carbonyl (C=O) groups excluding carboxylic acids is 3. The molecule has 0 unspecified atom stereocenters. The second-order valence-corrected chi connectivity index (χ2v) is 12.2. The number of urea groups is 1. The fourth-order valence-corrected chi connectivity index (χ4v) is 6.40. The maximum Gasteiger partial charge on any atom is 0.406 e. The SMILES string of the molecule is CCCCNCCC[C@@H](C(=O)C1CCCCC1)N(O)C(=O)N1CCC[C@H]([C@@H](OCCNC(=O)OC)c2cccc(Cl)c2)C1. The van der Waals surface area contributed by atoms with Gasteiger partial charge in [0, 0.05) is 36.5 Å². The Morgan fingerprint density at radius 1 is 1.09 bits per heavy atom. The monoisotopic (exact) mass is 622 g/mol. The lowest BCUT2D eigenvalue weighted by Crippen LogP contribution is -2.53. The molecule has 3 rings (SSSR count). The van der Waals surface area contributed by atoms with Crippen LogP contribution in [0.15, 0.2) is 24.3 Å². The van der Waals surface area contributed by atoms with Gasteiger partial charge in [0.15, 0.2) is 5.78 Å². The number of nitrogens with one attached hydrogen (secondary N) is 2.